The molecular formula is C10H12FNO. The molecule has 2 N–H and O–H groups in total. The summed E-state index contributed by atoms with van der Waals surface area (Å²) < 4.78 is 18.4. The molecule has 0 amide bonds. The highest BCUT2D eigenvalue weighted by Gasteiger charge is 2.38. The van der Waals surface area contributed by atoms with Crippen molar-refractivity contribution in [3.05, 3.63) is 35.1 Å². The molecule has 3 heteroatoms. The topological polar surface area (TPSA) is 35.2 Å². The molecule has 0 atom stereocenters. The van der Waals surface area contributed by atoms with Gasteiger partial charge in [0.15, 0.2) is 0 Å². The average Bonchev–Trinajstić information content (AvgIpc) is 2.00. The minimum atomic E-state index is -0.599. The Morgan fingerprint density at radius 3 is 2.62 bits per heavy atom. The standard InChI is InChI=1S/C10H12FNO/c1-7-2-3-8(9(11)4-7)10(12)5-13-6-10/h2-4H,5-6,12H2,1H3. The van der Waals surface area contributed by atoms with Gasteiger partial charge < -0.3 is 10.5 Å². The summed E-state index contributed by atoms with van der Waals surface area (Å²) in [5.41, 5.74) is 6.78. The third-order valence-corrected chi connectivity index (χ3v) is 2.38. The smallest absolute Gasteiger partial charge is 0.128 e. The molecule has 1 aromatic carbocycles. The lowest BCUT2D eigenvalue weighted by molar-refractivity contribution is -0.0585. The lowest BCUT2D eigenvalue weighted by atomic mass is 9.88. The number of hydrogen-bond donors (Lipinski definition) is 1. The summed E-state index contributed by atoms with van der Waals surface area (Å²) in [4.78, 5) is 0. The zero-order chi connectivity index (χ0) is 9.47. The molecule has 0 radical (unpaired) electrons. The molecule has 1 fully saturated rings. The first-order valence-electron chi connectivity index (χ1n) is 4.25. The summed E-state index contributed by atoms with van der Waals surface area (Å²) in [6.45, 7) is 2.67. The van der Waals surface area contributed by atoms with Gasteiger partial charge in [-0.15, -0.1) is 0 Å². The first kappa shape index (κ1) is 8.66. The predicted octanol–water partition coefficient (Wildman–Crippen LogP) is 1.32. The quantitative estimate of drug-likeness (QED) is 0.709. The van der Waals surface area contributed by atoms with Gasteiger partial charge in [0.2, 0.25) is 0 Å². The van der Waals surface area contributed by atoms with Gasteiger partial charge in [0.05, 0.1) is 18.8 Å². The fourth-order valence-corrected chi connectivity index (χ4v) is 1.50. The number of aryl methyl sites for hydroxylation is 1. The number of hydrogen-bond acceptors (Lipinski definition) is 2. The van der Waals surface area contributed by atoms with E-state index >= 15 is 0 Å². The summed E-state index contributed by atoms with van der Waals surface area (Å²) in [7, 11) is 0. The van der Waals surface area contributed by atoms with E-state index in [0.29, 0.717) is 18.8 Å². The molecule has 1 heterocycles. The van der Waals surface area contributed by atoms with Gasteiger partial charge in [0.1, 0.15) is 5.82 Å². The van der Waals surface area contributed by atoms with Crippen LogP contribution in [0.1, 0.15) is 11.1 Å². The number of halogens is 1. The van der Waals surface area contributed by atoms with Crippen LogP contribution in [0.4, 0.5) is 4.39 Å². The van der Waals surface area contributed by atoms with E-state index in [2.05, 4.69) is 0 Å². The van der Waals surface area contributed by atoms with Gasteiger partial charge in [-0.05, 0) is 18.6 Å². The van der Waals surface area contributed by atoms with Crippen LogP contribution in [-0.2, 0) is 10.3 Å². The molecule has 1 aliphatic rings. The monoisotopic (exact) mass is 181 g/mol. The van der Waals surface area contributed by atoms with E-state index in [1.807, 2.05) is 13.0 Å². The minimum Gasteiger partial charge on any atom is -0.377 e. The summed E-state index contributed by atoms with van der Waals surface area (Å²) in [5.74, 6) is -0.231. The zero-order valence-electron chi connectivity index (χ0n) is 7.51. The van der Waals surface area contributed by atoms with Gasteiger partial charge >= 0.3 is 0 Å². The van der Waals surface area contributed by atoms with Crippen molar-refractivity contribution in [2.75, 3.05) is 13.2 Å². The normalized spacial score (nSPS) is 19.6. The van der Waals surface area contributed by atoms with E-state index in [1.54, 1.807) is 6.07 Å². The van der Waals surface area contributed by atoms with Crippen LogP contribution in [0.3, 0.4) is 0 Å². The highest BCUT2D eigenvalue weighted by atomic mass is 19.1. The van der Waals surface area contributed by atoms with Crippen LogP contribution in [0.5, 0.6) is 0 Å². The van der Waals surface area contributed by atoms with Crippen molar-refractivity contribution < 1.29 is 9.13 Å². The number of benzene rings is 1. The average molecular weight is 181 g/mol. The van der Waals surface area contributed by atoms with Crippen LogP contribution < -0.4 is 5.73 Å². The molecule has 0 aliphatic carbocycles. The molecule has 1 aliphatic heterocycles. The summed E-state index contributed by atoms with van der Waals surface area (Å²) in [6.07, 6.45) is 0. The Balaban J connectivity index is 2.40. The molecule has 0 unspecified atom stereocenters. The van der Waals surface area contributed by atoms with Crippen molar-refractivity contribution in [2.45, 2.75) is 12.5 Å². The Morgan fingerprint density at radius 2 is 2.15 bits per heavy atom. The van der Waals surface area contributed by atoms with Crippen LogP contribution in [0.15, 0.2) is 18.2 Å². The van der Waals surface area contributed by atoms with Crippen molar-refractivity contribution in [3.8, 4) is 0 Å². The molecule has 1 aromatic rings. The van der Waals surface area contributed by atoms with Gasteiger partial charge in [0, 0.05) is 5.56 Å². The van der Waals surface area contributed by atoms with Gasteiger partial charge in [-0.2, -0.15) is 0 Å². The molecule has 2 rings (SSSR count). The van der Waals surface area contributed by atoms with E-state index in [9.17, 15) is 4.39 Å². The molecule has 0 bridgehead atoms. The van der Waals surface area contributed by atoms with E-state index in [0.717, 1.165) is 5.56 Å². The third-order valence-electron chi connectivity index (χ3n) is 2.38. The first-order chi connectivity index (χ1) is 6.12. The Bertz CT molecular complexity index is 334. The molecule has 2 nitrogen and oxygen atoms in total. The fraction of sp³-hybridized carbons (Fsp3) is 0.400. The summed E-state index contributed by atoms with van der Waals surface area (Å²) in [5, 5.41) is 0. The summed E-state index contributed by atoms with van der Waals surface area (Å²) in [6, 6.07) is 5.11. The van der Waals surface area contributed by atoms with Gasteiger partial charge in [-0.1, -0.05) is 12.1 Å². The second-order valence-electron chi connectivity index (χ2n) is 3.63. The van der Waals surface area contributed by atoms with Crippen molar-refractivity contribution in [1.29, 1.82) is 0 Å². The molecule has 0 spiro atoms. The second-order valence-corrected chi connectivity index (χ2v) is 3.63. The zero-order valence-corrected chi connectivity index (χ0v) is 7.51. The van der Waals surface area contributed by atoms with Crippen LogP contribution in [0, 0.1) is 12.7 Å². The van der Waals surface area contributed by atoms with Crippen LogP contribution in [-0.4, -0.2) is 13.2 Å². The van der Waals surface area contributed by atoms with Crippen LogP contribution in [0.2, 0.25) is 0 Å². The first-order valence-corrected chi connectivity index (χ1v) is 4.25. The van der Waals surface area contributed by atoms with E-state index in [-0.39, 0.29) is 5.82 Å². The maximum atomic E-state index is 13.4. The third kappa shape index (κ3) is 1.34. The molecule has 13 heavy (non-hydrogen) atoms. The largest absolute Gasteiger partial charge is 0.377 e. The van der Waals surface area contributed by atoms with E-state index < -0.39 is 5.54 Å². The van der Waals surface area contributed by atoms with E-state index in [4.69, 9.17) is 10.5 Å². The van der Waals surface area contributed by atoms with Gasteiger partial charge in [-0.3, -0.25) is 0 Å². The molecule has 0 saturated carbocycles. The molecule has 1 saturated heterocycles. The Morgan fingerprint density at radius 1 is 1.46 bits per heavy atom. The maximum absolute atomic E-state index is 13.4. The van der Waals surface area contributed by atoms with Gasteiger partial charge in [-0.25, -0.2) is 4.39 Å². The minimum absolute atomic E-state index is 0.231. The second kappa shape index (κ2) is 2.79. The van der Waals surface area contributed by atoms with Crippen LogP contribution in [0.25, 0.3) is 0 Å². The van der Waals surface area contributed by atoms with Crippen molar-refractivity contribution >= 4 is 0 Å². The van der Waals surface area contributed by atoms with Crippen molar-refractivity contribution in [3.63, 3.8) is 0 Å². The van der Waals surface area contributed by atoms with Crippen LogP contribution >= 0.6 is 0 Å². The van der Waals surface area contributed by atoms with Crippen molar-refractivity contribution in [1.82, 2.24) is 0 Å². The SMILES string of the molecule is Cc1ccc(C2(N)COC2)c(F)c1. The number of ether oxygens (including phenoxy) is 1. The lowest BCUT2D eigenvalue weighted by Crippen LogP contribution is -2.54. The lowest BCUT2D eigenvalue weighted by Gasteiger charge is -2.38. The molecular weight excluding hydrogens is 169 g/mol. The summed E-state index contributed by atoms with van der Waals surface area (Å²) >= 11 is 0. The van der Waals surface area contributed by atoms with E-state index in [1.165, 1.54) is 6.07 Å². The molecule has 70 valence electrons. The highest BCUT2D eigenvalue weighted by Crippen LogP contribution is 2.28. The number of rotatable bonds is 1. The Kier molecular flexibility index (Phi) is 1.86. The fourth-order valence-electron chi connectivity index (χ4n) is 1.50. The van der Waals surface area contributed by atoms with Crippen molar-refractivity contribution in [2.24, 2.45) is 5.73 Å². The predicted molar refractivity (Wildman–Crippen MR) is 47.8 cm³/mol. The maximum Gasteiger partial charge on any atom is 0.128 e. The molecule has 0 aromatic heterocycles. The van der Waals surface area contributed by atoms with Gasteiger partial charge in [0.25, 0.3) is 0 Å². The Labute approximate surface area is 76.5 Å². The number of nitrogens with two attached hydrogens (primary N) is 1. The highest BCUT2D eigenvalue weighted by molar-refractivity contribution is 5.31. The Hall–Kier alpha value is -0.930.